The van der Waals surface area contributed by atoms with E-state index in [4.69, 9.17) is 10.2 Å². The molecule has 3 heteroatoms. The van der Waals surface area contributed by atoms with Crippen LogP contribution in [0.1, 0.15) is 34.1 Å². The molecule has 0 spiro atoms. The Morgan fingerprint density at radius 3 is 2.08 bits per heavy atom. The molecule has 0 aliphatic carbocycles. The summed E-state index contributed by atoms with van der Waals surface area (Å²) in [5, 5.41) is 17.9. The van der Waals surface area contributed by atoms with E-state index in [1.54, 1.807) is 6.92 Å². The van der Waals surface area contributed by atoms with Crippen LogP contribution in [0.3, 0.4) is 0 Å². The zero-order valence-electron chi connectivity index (χ0n) is 8.87. The SMILES string of the molecule is CC(CO)CC(C)(C(=O)O)C(C)C. The predicted molar refractivity (Wildman–Crippen MR) is 51.4 cm³/mol. The number of carboxylic acids is 1. The molecule has 0 radical (unpaired) electrons. The second kappa shape index (κ2) is 4.61. The highest BCUT2D eigenvalue weighted by Gasteiger charge is 2.37. The van der Waals surface area contributed by atoms with E-state index in [-0.39, 0.29) is 18.4 Å². The molecule has 0 aromatic carbocycles. The Bertz CT molecular complexity index is 177. The van der Waals surface area contributed by atoms with Crippen molar-refractivity contribution in [1.82, 2.24) is 0 Å². The van der Waals surface area contributed by atoms with Crippen LogP contribution in [0.25, 0.3) is 0 Å². The quantitative estimate of drug-likeness (QED) is 0.691. The van der Waals surface area contributed by atoms with Gasteiger partial charge in [-0.15, -0.1) is 0 Å². The van der Waals surface area contributed by atoms with Crippen molar-refractivity contribution in [2.75, 3.05) is 6.61 Å². The minimum atomic E-state index is -0.775. The van der Waals surface area contributed by atoms with Crippen LogP contribution in [-0.2, 0) is 4.79 Å². The lowest BCUT2D eigenvalue weighted by Crippen LogP contribution is -2.35. The molecule has 78 valence electrons. The summed E-state index contributed by atoms with van der Waals surface area (Å²) < 4.78 is 0. The monoisotopic (exact) mass is 188 g/mol. The maximum atomic E-state index is 11.0. The lowest BCUT2D eigenvalue weighted by atomic mass is 9.73. The number of aliphatic carboxylic acids is 1. The Morgan fingerprint density at radius 1 is 1.38 bits per heavy atom. The van der Waals surface area contributed by atoms with Gasteiger partial charge >= 0.3 is 5.97 Å². The van der Waals surface area contributed by atoms with E-state index in [1.165, 1.54) is 0 Å². The molecule has 3 nitrogen and oxygen atoms in total. The van der Waals surface area contributed by atoms with E-state index in [2.05, 4.69) is 0 Å². The lowest BCUT2D eigenvalue weighted by molar-refractivity contribution is -0.152. The maximum absolute atomic E-state index is 11.0. The second-order valence-electron chi connectivity index (χ2n) is 4.37. The van der Waals surface area contributed by atoms with Crippen LogP contribution in [0.5, 0.6) is 0 Å². The lowest BCUT2D eigenvalue weighted by Gasteiger charge is -2.31. The molecule has 0 bridgehead atoms. The first-order valence-electron chi connectivity index (χ1n) is 4.68. The number of carboxylic acid groups (broad SMARTS) is 1. The van der Waals surface area contributed by atoms with Crippen LogP contribution in [0.15, 0.2) is 0 Å². The number of rotatable bonds is 5. The average molecular weight is 188 g/mol. The summed E-state index contributed by atoms with van der Waals surface area (Å²) in [5.41, 5.74) is -0.720. The van der Waals surface area contributed by atoms with Gasteiger partial charge in [0.05, 0.1) is 5.41 Å². The molecule has 2 unspecified atom stereocenters. The predicted octanol–water partition coefficient (Wildman–Crippen LogP) is 1.75. The van der Waals surface area contributed by atoms with Crippen LogP contribution in [0, 0.1) is 17.3 Å². The van der Waals surface area contributed by atoms with Crippen LogP contribution in [0.2, 0.25) is 0 Å². The minimum absolute atomic E-state index is 0.0449. The number of hydrogen-bond acceptors (Lipinski definition) is 2. The molecule has 0 heterocycles. The number of aliphatic hydroxyl groups excluding tert-OH is 1. The van der Waals surface area contributed by atoms with E-state index in [1.807, 2.05) is 20.8 Å². The smallest absolute Gasteiger partial charge is 0.309 e. The number of aliphatic hydroxyl groups is 1. The molecule has 2 N–H and O–H groups in total. The van der Waals surface area contributed by atoms with Crippen molar-refractivity contribution in [3.8, 4) is 0 Å². The number of hydrogen-bond donors (Lipinski definition) is 2. The van der Waals surface area contributed by atoms with Crippen molar-refractivity contribution in [2.24, 2.45) is 17.3 Å². The Kier molecular flexibility index (Phi) is 4.40. The van der Waals surface area contributed by atoms with Gasteiger partial charge in [0.1, 0.15) is 0 Å². The molecule has 0 aliphatic heterocycles. The van der Waals surface area contributed by atoms with Gasteiger partial charge in [-0.1, -0.05) is 20.8 Å². The summed E-state index contributed by atoms with van der Waals surface area (Å²) >= 11 is 0. The Hall–Kier alpha value is -0.570. The van der Waals surface area contributed by atoms with Gasteiger partial charge in [-0.25, -0.2) is 0 Å². The summed E-state index contributed by atoms with van der Waals surface area (Å²) in [5.74, 6) is -0.648. The molecular weight excluding hydrogens is 168 g/mol. The van der Waals surface area contributed by atoms with Crippen molar-refractivity contribution in [2.45, 2.75) is 34.1 Å². The Labute approximate surface area is 79.8 Å². The van der Waals surface area contributed by atoms with Crippen molar-refractivity contribution in [3.05, 3.63) is 0 Å². The number of carbonyl (C=O) groups is 1. The molecule has 0 aromatic heterocycles. The highest BCUT2D eigenvalue weighted by Crippen LogP contribution is 2.34. The zero-order chi connectivity index (χ0) is 10.6. The van der Waals surface area contributed by atoms with Crippen molar-refractivity contribution in [1.29, 1.82) is 0 Å². The van der Waals surface area contributed by atoms with Crippen molar-refractivity contribution in [3.63, 3.8) is 0 Å². The third-order valence-electron chi connectivity index (χ3n) is 2.85. The van der Waals surface area contributed by atoms with Crippen LogP contribution in [0.4, 0.5) is 0 Å². The second-order valence-corrected chi connectivity index (χ2v) is 4.37. The van der Waals surface area contributed by atoms with Crippen molar-refractivity contribution < 1.29 is 15.0 Å². The summed E-state index contributed by atoms with van der Waals surface area (Å²) in [4.78, 5) is 11.0. The highest BCUT2D eigenvalue weighted by molar-refractivity contribution is 5.74. The first kappa shape index (κ1) is 12.4. The Balaban J connectivity index is 4.51. The van der Waals surface area contributed by atoms with E-state index in [0.29, 0.717) is 6.42 Å². The first-order valence-corrected chi connectivity index (χ1v) is 4.68. The largest absolute Gasteiger partial charge is 0.481 e. The molecule has 0 amide bonds. The minimum Gasteiger partial charge on any atom is -0.481 e. The summed E-state index contributed by atoms with van der Waals surface area (Å²) in [6, 6.07) is 0. The van der Waals surface area contributed by atoms with E-state index >= 15 is 0 Å². The van der Waals surface area contributed by atoms with Gasteiger partial charge < -0.3 is 10.2 Å². The molecule has 0 rings (SSSR count). The summed E-state index contributed by atoms with van der Waals surface area (Å²) in [7, 11) is 0. The van der Waals surface area contributed by atoms with Gasteiger partial charge in [-0.3, -0.25) is 4.79 Å². The van der Waals surface area contributed by atoms with Crippen LogP contribution >= 0.6 is 0 Å². The van der Waals surface area contributed by atoms with Gasteiger partial charge in [0.2, 0.25) is 0 Å². The highest BCUT2D eigenvalue weighted by atomic mass is 16.4. The standard InChI is InChI=1S/C10H20O3/c1-7(2)10(4,9(12)13)5-8(3)6-11/h7-8,11H,5-6H2,1-4H3,(H,12,13). The van der Waals surface area contributed by atoms with Gasteiger partial charge in [-0.05, 0) is 25.2 Å². The fraction of sp³-hybridized carbons (Fsp3) is 0.900. The molecule has 0 saturated heterocycles. The van der Waals surface area contributed by atoms with Crippen LogP contribution in [-0.4, -0.2) is 22.8 Å². The molecule has 0 aliphatic rings. The fourth-order valence-electron chi connectivity index (χ4n) is 1.36. The van der Waals surface area contributed by atoms with E-state index < -0.39 is 11.4 Å². The van der Waals surface area contributed by atoms with Gasteiger partial charge in [-0.2, -0.15) is 0 Å². The Morgan fingerprint density at radius 2 is 1.85 bits per heavy atom. The van der Waals surface area contributed by atoms with Crippen LogP contribution < -0.4 is 0 Å². The first-order chi connectivity index (χ1) is 5.84. The molecular formula is C10H20O3. The third kappa shape index (κ3) is 2.99. The van der Waals surface area contributed by atoms with Gasteiger partial charge in [0, 0.05) is 6.61 Å². The maximum Gasteiger partial charge on any atom is 0.309 e. The van der Waals surface area contributed by atoms with Crippen molar-refractivity contribution >= 4 is 5.97 Å². The normalized spacial score (nSPS) is 18.3. The zero-order valence-corrected chi connectivity index (χ0v) is 8.87. The van der Waals surface area contributed by atoms with Gasteiger partial charge in [0.15, 0.2) is 0 Å². The third-order valence-corrected chi connectivity index (χ3v) is 2.85. The average Bonchev–Trinajstić information content (AvgIpc) is 2.03. The molecule has 13 heavy (non-hydrogen) atoms. The molecule has 0 fully saturated rings. The summed E-state index contributed by atoms with van der Waals surface area (Å²) in [6.07, 6.45) is 0.524. The summed E-state index contributed by atoms with van der Waals surface area (Å²) in [6.45, 7) is 7.46. The molecule has 2 atom stereocenters. The van der Waals surface area contributed by atoms with Gasteiger partial charge in [0.25, 0.3) is 0 Å². The molecule has 0 saturated carbocycles. The fourth-order valence-corrected chi connectivity index (χ4v) is 1.36. The molecule has 0 aromatic rings. The van der Waals surface area contributed by atoms with E-state index in [0.717, 1.165) is 0 Å². The van der Waals surface area contributed by atoms with E-state index in [9.17, 15) is 4.79 Å². The topological polar surface area (TPSA) is 57.5 Å².